The molecule has 2 aliphatic rings. The Bertz CT molecular complexity index is 532. The summed E-state index contributed by atoms with van der Waals surface area (Å²) >= 11 is 0. The second kappa shape index (κ2) is 6.03. The van der Waals surface area contributed by atoms with Gasteiger partial charge in [-0.25, -0.2) is 4.79 Å². The normalized spacial score (nSPS) is 23.0. The summed E-state index contributed by atoms with van der Waals surface area (Å²) in [6.45, 7) is 5.34. The van der Waals surface area contributed by atoms with E-state index in [1.54, 1.807) is 12.1 Å². The van der Waals surface area contributed by atoms with Crippen LogP contribution < -0.4 is 4.74 Å². The van der Waals surface area contributed by atoms with Crippen molar-refractivity contribution in [3.05, 3.63) is 29.3 Å². The summed E-state index contributed by atoms with van der Waals surface area (Å²) in [5.41, 5.74) is 1.29. The predicted octanol–water partition coefficient (Wildman–Crippen LogP) is 1.67. The van der Waals surface area contributed by atoms with Crippen LogP contribution in [0.4, 0.5) is 0 Å². The number of methoxy groups -OCH3 is 1. The van der Waals surface area contributed by atoms with Gasteiger partial charge in [0.2, 0.25) is 0 Å². The van der Waals surface area contributed by atoms with E-state index in [9.17, 15) is 9.90 Å². The standard InChI is InChI=1S/C16H22N2O3/c1-21-15-5-4-12(9-14(15)16(19)20)10-17-7-8-18-6-2-3-13(18)11-17/h4-5,9,13H,2-3,6-8,10-11H2,1H3,(H,19,20). The number of aromatic carboxylic acids is 1. The Morgan fingerprint density at radius 1 is 1.38 bits per heavy atom. The number of rotatable bonds is 4. The van der Waals surface area contributed by atoms with Crippen LogP contribution in [0.3, 0.4) is 0 Å². The van der Waals surface area contributed by atoms with Crippen molar-refractivity contribution in [3.8, 4) is 5.75 Å². The lowest BCUT2D eigenvalue weighted by Crippen LogP contribution is -2.49. The molecule has 0 spiro atoms. The van der Waals surface area contributed by atoms with Gasteiger partial charge < -0.3 is 9.84 Å². The molecule has 1 aromatic carbocycles. The Morgan fingerprint density at radius 3 is 3.00 bits per heavy atom. The van der Waals surface area contributed by atoms with Crippen molar-refractivity contribution in [1.82, 2.24) is 9.80 Å². The van der Waals surface area contributed by atoms with E-state index >= 15 is 0 Å². The molecular formula is C16H22N2O3. The van der Waals surface area contributed by atoms with Gasteiger partial charge in [-0.15, -0.1) is 0 Å². The molecule has 0 amide bonds. The molecule has 5 nitrogen and oxygen atoms in total. The summed E-state index contributed by atoms with van der Waals surface area (Å²) in [5.74, 6) is -0.513. The minimum Gasteiger partial charge on any atom is -0.496 e. The SMILES string of the molecule is COc1ccc(CN2CCN3CCCC3C2)cc1C(=O)O. The summed E-state index contributed by atoms with van der Waals surface area (Å²) in [6, 6.07) is 6.15. The Balaban J connectivity index is 1.70. The number of piperazine rings is 1. The molecule has 2 fully saturated rings. The highest BCUT2D eigenvalue weighted by molar-refractivity contribution is 5.91. The van der Waals surface area contributed by atoms with Crippen LogP contribution in [0.1, 0.15) is 28.8 Å². The fourth-order valence-electron chi connectivity index (χ4n) is 3.48. The molecule has 1 N–H and O–H groups in total. The second-order valence-corrected chi connectivity index (χ2v) is 5.91. The Hall–Kier alpha value is -1.59. The van der Waals surface area contributed by atoms with Crippen LogP contribution in [-0.4, -0.2) is 60.2 Å². The molecule has 2 saturated heterocycles. The summed E-state index contributed by atoms with van der Waals surface area (Å²) in [5, 5.41) is 9.25. The van der Waals surface area contributed by atoms with Gasteiger partial charge in [0.1, 0.15) is 11.3 Å². The summed E-state index contributed by atoms with van der Waals surface area (Å²) in [4.78, 5) is 16.3. The Kier molecular flexibility index (Phi) is 4.12. The van der Waals surface area contributed by atoms with Crippen LogP contribution in [0.25, 0.3) is 0 Å². The highest BCUT2D eigenvalue weighted by Gasteiger charge is 2.30. The topological polar surface area (TPSA) is 53.0 Å². The zero-order chi connectivity index (χ0) is 14.8. The van der Waals surface area contributed by atoms with E-state index in [1.165, 1.54) is 26.5 Å². The van der Waals surface area contributed by atoms with Crippen molar-refractivity contribution in [1.29, 1.82) is 0 Å². The molecule has 1 unspecified atom stereocenters. The number of carboxylic acids is 1. The van der Waals surface area contributed by atoms with Crippen molar-refractivity contribution in [2.75, 3.05) is 33.3 Å². The van der Waals surface area contributed by atoms with Gasteiger partial charge in [-0.1, -0.05) is 6.07 Å². The van der Waals surface area contributed by atoms with Crippen LogP contribution in [-0.2, 0) is 6.54 Å². The molecular weight excluding hydrogens is 268 g/mol. The van der Waals surface area contributed by atoms with Crippen LogP contribution in [0.2, 0.25) is 0 Å². The first kappa shape index (κ1) is 14.4. The van der Waals surface area contributed by atoms with Crippen LogP contribution in [0, 0.1) is 0 Å². The molecule has 0 aromatic heterocycles. The van der Waals surface area contributed by atoms with Gasteiger partial charge in [0.15, 0.2) is 0 Å². The molecule has 0 radical (unpaired) electrons. The van der Waals surface area contributed by atoms with Gasteiger partial charge in [-0.05, 0) is 37.1 Å². The van der Waals surface area contributed by atoms with Crippen molar-refractivity contribution in [2.45, 2.75) is 25.4 Å². The number of hydrogen-bond acceptors (Lipinski definition) is 4. The molecule has 0 bridgehead atoms. The fourth-order valence-corrected chi connectivity index (χ4v) is 3.48. The number of carboxylic acid groups (broad SMARTS) is 1. The summed E-state index contributed by atoms with van der Waals surface area (Å²) < 4.78 is 5.11. The lowest BCUT2D eigenvalue weighted by Gasteiger charge is -2.37. The summed E-state index contributed by atoms with van der Waals surface area (Å²) in [6.07, 6.45) is 2.60. The predicted molar refractivity (Wildman–Crippen MR) is 79.8 cm³/mol. The van der Waals surface area contributed by atoms with E-state index in [0.717, 1.165) is 31.7 Å². The number of benzene rings is 1. The van der Waals surface area contributed by atoms with Crippen LogP contribution in [0.15, 0.2) is 18.2 Å². The maximum Gasteiger partial charge on any atom is 0.339 e. The van der Waals surface area contributed by atoms with Crippen LogP contribution in [0.5, 0.6) is 5.75 Å². The van der Waals surface area contributed by atoms with E-state index in [-0.39, 0.29) is 5.56 Å². The lowest BCUT2D eigenvalue weighted by atomic mass is 10.1. The highest BCUT2D eigenvalue weighted by atomic mass is 16.5. The molecule has 5 heteroatoms. The zero-order valence-electron chi connectivity index (χ0n) is 12.4. The van der Waals surface area contributed by atoms with E-state index < -0.39 is 5.97 Å². The van der Waals surface area contributed by atoms with E-state index in [4.69, 9.17) is 4.74 Å². The van der Waals surface area contributed by atoms with Gasteiger partial charge in [0.05, 0.1) is 7.11 Å². The van der Waals surface area contributed by atoms with Gasteiger partial charge in [-0.2, -0.15) is 0 Å². The summed E-state index contributed by atoms with van der Waals surface area (Å²) in [7, 11) is 1.50. The lowest BCUT2D eigenvalue weighted by molar-refractivity contribution is 0.0692. The van der Waals surface area contributed by atoms with Crippen LogP contribution >= 0.6 is 0 Å². The zero-order valence-corrected chi connectivity index (χ0v) is 12.4. The molecule has 21 heavy (non-hydrogen) atoms. The Morgan fingerprint density at radius 2 is 2.24 bits per heavy atom. The second-order valence-electron chi connectivity index (χ2n) is 5.91. The molecule has 0 saturated carbocycles. The third-order valence-electron chi connectivity index (χ3n) is 4.57. The fraction of sp³-hybridized carbons (Fsp3) is 0.562. The maximum absolute atomic E-state index is 11.3. The molecule has 1 aromatic rings. The number of hydrogen-bond donors (Lipinski definition) is 1. The largest absolute Gasteiger partial charge is 0.496 e. The number of nitrogens with zero attached hydrogens (tertiary/aromatic N) is 2. The molecule has 1 atom stereocenters. The van der Waals surface area contributed by atoms with Gasteiger partial charge in [0.25, 0.3) is 0 Å². The maximum atomic E-state index is 11.3. The number of carbonyl (C=O) groups is 1. The highest BCUT2D eigenvalue weighted by Crippen LogP contribution is 2.24. The monoisotopic (exact) mass is 290 g/mol. The average Bonchev–Trinajstić information content (AvgIpc) is 2.94. The van der Waals surface area contributed by atoms with Crippen molar-refractivity contribution in [2.24, 2.45) is 0 Å². The minimum absolute atomic E-state index is 0.245. The first-order chi connectivity index (χ1) is 10.2. The van der Waals surface area contributed by atoms with E-state index in [2.05, 4.69) is 9.80 Å². The first-order valence-corrected chi connectivity index (χ1v) is 7.54. The van der Waals surface area contributed by atoms with Gasteiger partial charge in [-0.3, -0.25) is 9.80 Å². The number of ether oxygens (including phenoxy) is 1. The minimum atomic E-state index is -0.936. The Labute approximate surface area is 125 Å². The van der Waals surface area contributed by atoms with Gasteiger partial charge in [0, 0.05) is 32.2 Å². The third-order valence-corrected chi connectivity index (χ3v) is 4.57. The van der Waals surface area contributed by atoms with E-state index in [0.29, 0.717) is 11.8 Å². The quantitative estimate of drug-likeness (QED) is 0.914. The van der Waals surface area contributed by atoms with Crippen molar-refractivity contribution in [3.63, 3.8) is 0 Å². The average molecular weight is 290 g/mol. The molecule has 2 heterocycles. The first-order valence-electron chi connectivity index (χ1n) is 7.54. The molecule has 3 rings (SSSR count). The third kappa shape index (κ3) is 3.04. The molecule has 114 valence electrons. The number of fused-ring (bicyclic) bond motifs is 1. The molecule has 0 aliphatic carbocycles. The van der Waals surface area contributed by atoms with Gasteiger partial charge >= 0.3 is 5.97 Å². The van der Waals surface area contributed by atoms with Crippen molar-refractivity contribution >= 4 is 5.97 Å². The van der Waals surface area contributed by atoms with Crippen molar-refractivity contribution < 1.29 is 14.6 Å². The molecule has 2 aliphatic heterocycles. The van der Waals surface area contributed by atoms with E-state index in [1.807, 2.05) is 6.07 Å². The smallest absolute Gasteiger partial charge is 0.339 e.